The number of amides is 1. The van der Waals surface area contributed by atoms with Crippen LogP contribution in [0.5, 0.6) is 0 Å². The molecule has 0 aromatic carbocycles. The molecule has 2 aromatic heterocycles. The number of anilines is 1. The van der Waals surface area contributed by atoms with E-state index >= 15 is 0 Å². The Kier molecular flexibility index (Phi) is 9.08. The largest absolute Gasteiger partial charge is 0.462 e. The van der Waals surface area contributed by atoms with Crippen molar-refractivity contribution in [2.24, 2.45) is 0 Å². The van der Waals surface area contributed by atoms with Gasteiger partial charge >= 0.3 is 5.97 Å². The Bertz CT molecular complexity index is 992. The molecular formula is C20H28N4O5S2. The van der Waals surface area contributed by atoms with E-state index in [1.165, 1.54) is 36.5 Å². The number of carbonyl (C=O) groups is 2. The topological polar surface area (TPSA) is 110 Å². The maximum absolute atomic E-state index is 13.1. The predicted molar refractivity (Wildman–Crippen MR) is 119 cm³/mol. The molecule has 9 nitrogen and oxygen atoms in total. The molecule has 31 heavy (non-hydrogen) atoms. The summed E-state index contributed by atoms with van der Waals surface area (Å²) >= 11 is 1.07. The normalized spacial score (nSPS) is 11.5. The van der Waals surface area contributed by atoms with Crippen LogP contribution in [0.1, 0.15) is 48.5 Å². The van der Waals surface area contributed by atoms with Gasteiger partial charge in [0.1, 0.15) is 9.77 Å². The Balaban J connectivity index is 2.26. The van der Waals surface area contributed by atoms with Crippen LogP contribution < -0.4 is 4.90 Å². The number of rotatable bonds is 11. The van der Waals surface area contributed by atoms with Gasteiger partial charge < -0.3 is 4.74 Å². The fraction of sp³-hybridized carbons (Fsp3) is 0.500. The van der Waals surface area contributed by atoms with E-state index in [9.17, 15) is 18.0 Å². The Morgan fingerprint density at radius 2 is 1.97 bits per heavy atom. The average Bonchev–Trinajstić information content (AvgIpc) is 3.13. The number of ether oxygens (including phenoxy) is 1. The van der Waals surface area contributed by atoms with Crippen LogP contribution in [-0.2, 0) is 19.6 Å². The third kappa shape index (κ3) is 6.31. The highest BCUT2D eigenvalue weighted by Gasteiger charge is 2.28. The Morgan fingerprint density at radius 1 is 1.23 bits per heavy atom. The summed E-state index contributed by atoms with van der Waals surface area (Å²) in [5.74, 6) is -0.906. The van der Waals surface area contributed by atoms with Crippen molar-refractivity contribution in [3.05, 3.63) is 35.1 Å². The summed E-state index contributed by atoms with van der Waals surface area (Å²) < 4.78 is 31.5. The summed E-state index contributed by atoms with van der Waals surface area (Å²) in [5, 5.41) is 0.355. The number of esters is 1. The highest BCUT2D eigenvalue weighted by Crippen LogP contribution is 2.28. The maximum Gasteiger partial charge on any atom is 0.350 e. The van der Waals surface area contributed by atoms with Gasteiger partial charge in [0, 0.05) is 26.0 Å². The van der Waals surface area contributed by atoms with E-state index in [1.54, 1.807) is 13.8 Å². The van der Waals surface area contributed by atoms with Crippen molar-refractivity contribution in [1.29, 1.82) is 0 Å². The van der Waals surface area contributed by atoms with Crippen molar-refractivity contribution in [1.82, 2.24) is 14.3 Å². The van der Waals surface area contributed by atoms with Gasteiger partial charge in [0.15, 0.2) is 5.13 Å². The van der Waals surface area contributed by atoms with Gasteiger partial charge in [-0.25, -0.2) is 18.2 Å². The second-order valence-electron chi connectivity index (χ2n) is 6.83. The smallest absolute Gasteiger partial charge is 0.350 e. The van der Waals surface area contributed by atoms with Crippen molar-refractivity contribution >= 4 is 38.4 Å². The molecule has 1 amide bonds. The highest BCUT2D eigenvalue weighted by atomic mass is 32.2. The molecule has 0 aliphatic carbocycles. The first kappa shape index (κ1) is 24.9. The Morgan fingerprint density at radius 3 is 2.58 bits per heavy atom. The fourth-order valence-electron chi connectivity index (χ4n) is 2.77. The zero-order chi connectivity index (χ0) is 23.0. The van der Waals surface area contributed by atoms with E-state index < -0.39 is 21.9 Å². The standard InChI is InChI=1S/C20H28N4O5S2/c1-5-7-8-12-24(20-22-15(3)18(30-20)19(26)29-6-2)17(25)14-23(4)31(27,28)16-10-9-11-21-13-16/h9-11,13H,5-8,12,14H2,1-4H3. The minimum absolute atomic E-state index is 0.0116. The van der Waals surface area contributed by atoms with Crippen LogP contribution in [0.2, 0.25) is 0 Å². The summed E-state index contributed by atoms with van der Waals surface area (Å²) in [7, 11) is -2.52. The SMILES string of the molecule is CCCCCN(C(=O)CN(C)S(=O)(=O)c1cccnc1)c1nc(C)c(C(=O)OCC)s1. The average molecular weight is 469 g/mol. The minimum atomic E-state index is -3.87. The minimum Gasteiger partial charge on any atom is -0.462 e. The van der Waals surface area contributed by atoms with Crippen molar-refractivity contribution in [2.45, 2.75) is 44.9 Å². The number of carbonyl (C=O) groups excluding carboxylic acids is 2. The van der Waals surface area contributed by atoms with Crippen LogP contribution in [0.25, 0.3) is 0 Å². The molecule has 0 atom stereocenters. The summed E-state index contributed by atoms with van der Waals surface area (Å²) in [6.45, 7) is 5.70. The highest BCUT2D eigenvalue weighted by molar-refractivity contribution is 7.89. The molecule has 2 heterocycles. The first-order valence-corrected chi connectivity index (χ1v) is 12.3. The molecule has 0 saturated heterocycles. The van der Waals surface area contributed by atoms with Gasteiger partial charge in [-0.15, -0.1) is 0 Å². The first-order valence-electron chi connectivity index (χ1n) is 10.0. The number of aromatic nitrogens is 2. The number of hydrogen-bond acceptors (Lipinski definition) is 8. The van der Waals surface area contributed by atoms with Gasteiger partial charge in [0.25, 0.3) is 0 Å². The van der Waals surface area contributed by atoms with Crippen molar-refractivity contribution in [3.63, 3.8) is 0 Å². The number of sulfonamides is 1. The molecule has 0 saturated carbocycles. The number of thiazole rings is 1. The lowest BCUT2D eigenvalue weighted by Crippen LogP contribution is -2.41. The van der Waals surface area contributed by atoms with Crippen LogP contribution in [0.4, 0.5) is 5.13 Å². The predicted octanol–water partition coefficient (Wildman–Crippen LogP) is 2.87. The lowest BCUT2D eigenvalue weighted by atomic mass is 10.2. The lowest BCUT2D eigenvalue weighted by molar-refractivity contribution is -0.118. The zero-order valence-corrected chi connectivity index (χ0v) is 19.8. The van der Waals surface area contributed by atoms with Crippen LogP contribution in [-0.4, -0.2) is 61.3 Å². The van der Waals surface area contributed by atoms with E-state index in [0.29, 0.717) is 22.2 Å². The maximum atomic E-state index is 13.1. The summed E-state index contributed by atoms with van der Waals surface area (Å²) in [4.78, 5) is 35.3. The molecule has 2 aromatic rings. The van der Waals surface area contributed by atoms with E-state index in [4.69, 9.17) is 4.74 Å². The number of likely N-dealkylation sites (N-methyl/N-ethyl adjacent to an activating group) is 1. The molecule has 0 spiro atoms. The molecule has 0 aliphatic heterocycles. The van der Waals surface area contributed by atoms with Gasteiger partial charge in [-0.2, -0.15) is 4.31 Å². The molecule has 0 radical (unpaired) electrons. The lowest BCUT2D eigenvalue weighted by Gasteiger charge is -2.23. The summed E-state index contributed by atoms with van der Waals surface area (Å²) in [5.41, 5.74) is 0.475. The molecule has 170 valence electrons. The van der Waals surface area contributed by atoms with Crippen LogP contribution >= 0.6 is 11.3 Å². The number of nitrogens with zero attached hydrogens (tertiary/aromatic N) is 4. The molecule has 11 heteroatoms. The number of aryl methyl sites for hydroxylation is 1. The third-order valence-corrected chi connectivity index (χ3v) is 7.41. The van der Waals surface area contributed by atoms with Crippen LogP contribution in [0.15, 0.2) is 29.4 Å². The van der Waals surface area contributed by atoms with E-state index in [0.717, 1.165) is 34.9 Å². The molecule has 0 unspecified atom stereocenters. The van der Waals surface area contributed by atoms with Gasteiger partial charge in [-0.3, -0.25) is 14.7 Å². The van der Waals surface area contributed by atoms with E-state index in [2.05, 4.69) is 9.97 Å². The summed E-state index contributed by atoms with van der Waals surface area (Å²) in [6.07, 6.45) is 5.32. The van der Waals surface area contributed by atoms with E-state index in [1.807, 2.05) is 6.92 Å². The molecule has 0 bridgehead atoms. The van der Waals surface area contributed by atoms with Gasteiger partial charge in [-0.05, 0) is 32.4 Å². The number of hydrogen-bond donors (Lipinski definition) is 0. The number of pyridine rings is 1. The third-order valence-electron chi connectivity index (χ3n) is 4.46. The van der Waals surface area contributed by atoms with Crippen molar-refractivity contribution < 1.29 is 22.7 Å². The van der Waals surface area contributed by atoms with Crippen LogP contribution in [0.3, 0.4) is 0 Å². The van der Waals surface area contributed by atoms with E-state index in [-0.39, 0.29) is 18.0 Å². The zero-order valence-electron chi connectivity index (χ0n) is 18.2. The van der Waals surface area contributed by atoms with Gasteiger partial charge in [0.2, 0.25) is 15.9 Å². The second kappa shape index (κ2) is 11.3. The fourth-order valence-corrected chi connectivity index (χ4v) is 4.86. The molecular weight excluding hydrogens is 440 g/mol. The van der Waals surface area contributed by atoms with Crippen LogP contribution in [0, 0.1) is 6.92 Å². The molecule has 2 rings (SSSR count). The molecule has 0 aliphatic rings. The monoisotopic (exact) mass is 468 g/mol. The molecule has 0 N–H and O–H groups in total. The van der Waals surface area contributed by atoms with Gasteiger partial charge in [0.05, 0.1) is 18.8 Å². The Labute approximate surface area is 187 Å². The van der Waals surface area contributed by atoms with Crippen molar-refractivity contribution in [2.75, 3.05) is 31.6 Å². The second-order valence-corrected chi connectivity index (χ2v) is 9.86. The summed E-state index contributed by atoms with van der Waals surface area (Å²) in [6, 6.07) is 2.95. The quantitative estimate of drug-likeness (QED) is 0.368. The Hall–Kier alpha value is -2.37. The number of unbranched alkanes of at least 4 members (excludes halogenated alkanes) is 2. The van der Waals surface area contributed by atoms with Crippen molar-refractivity contribution in [3.8, 4) is 0 Å². The first-order chi connectivity index (χ1) is 14.7. The molecule has 0 fully saturated rings. The van der Waals surface area contributed by atoms with Gasteiger partial charge in [-0.1, -0.05) is 31.1 Å².